The van der Waals surface area contributed by atoms with Gasteiger partial charge in [0.15, 0.2) is 11.5 Å². The molecule has 1 unspecified atom stereocenters. The zero-order chi connectivity index (χ0) is 25.8. The van der Waals surface area contributed by atoms with Gasteiger partial charge in [-0.1, -0.05) is 35.5 Å². The van der Waals surface area contributed by atoms with E-state index in [1.165, 1.54) is 5.56 Å². The maximum Gasteiger partial charge on any atom is 0.324 e. The number of piperidine rings is 1. The minimum absolute atomic E-state index is 0.0221. The van der Waals surface area contributed by atoms with Gasteiger partial charge in [-0.15, -0.1) is 0 Å². The first-order valence-corrected chi connectivity index (χ1v) is 13.0. The predicted molar refractivity (Wildman–Crippen MR) is 141 cm³/mol. The highest BCUT2D eigenvalue weighted by atomic mass is 16.5. The molecule has 5 rings (SSSR count). The van der Waals surface area contributed by atoms with E-state index in [0.717, 1.165) is 38.0 Å². The van der Waals surface area contributed by atoms with Crippen molar-refractivity contribution >= 4 is 11.9 Å². The smallest absolute Gasteiger partial charge is 0.324 e. The van der Waals surface area contributed by atoms with Gasteiger partial charge in [-0.2, -0.15) is 4.98 Å². The first kappa shape index (κ1) is 25.1. The van der Waals surface area contributed by atoms with Crippen LogP contribution in [0.1, 0.15) is 31.4 Å². The molecule has 0 saturated carbocycles. The first-order chi connectivity index (χ1) is 18.1. The second-order valence-corrected chi connectivity index (χ2v) is 9.65. The Kier molecular flexibility index (Phi) is 7.60. The Hall–Kier alpha value is -3.59. The summed E-state index contributed by atoms with van der Waals surface area (Å²) in [5.74, 6) is 2.09. The molecule has 2 aliphatic heterocycles. The highest BCUT2D eigenvalue weighted by Crippen LogP contribution is 2.33. The molecular weight excluding hydrogens is 470 g/mol. The van der Waals surface area contributed by atoms with Crippen LogP contribution in [0.2, 0.25) is 0 Å². The van der Waals surface area contributed by atoms with Crippen LogP contribution < -0.4 is 14.4 Å². The highest BCUT2D eigenvalue weighted by molar-refractivity contribution is 5.79. The summed E-state index contributed by atoms with van der Waals surface area (Å²) in [4.78, 5) is 24.5. The highest BCUT2D eigenvalue weighted by Gasteiger charge is 2.34. The molecule has 3 heterocycles. The SMILES string of the molecule is CCOc1ccc(-c2noc(N3CCC(C(=O)N4CCN(C)C(c5ccccc5)C4)CC3)n2)cc1OC. The average Bonchev–Trinajstić information content (AvgIpc) is 3.44. The molecule has 3 aromatic rings. The van der Waals surface area contributed by atoms with E-state index in [-0.39, 0.29) is 17.9 Å². The number of methoxy groups -OCH3 is 1. The van der Waals surface area contributed by atoms with Crippen LogP contribution in [0.5, 0.6) is 11.5 Å². The predicted octanol–water partition coefficient (Wildman–Crippen LogP) is 3.88. The molecule has 0 radical (unpaired) electrons. The van der Waals surface area contributed by atoms with Crippen LogP contribution in [-0.2, 0) is 4.79 Å². The third kappa shape index (κ3) is 5.41. The molecule has 2 fully saturated rings. The number of nitrogens with zero attached hydrogens (tertiary/aromatic N) is 5. The van der Waals surface area contributed by atoms with E-state index in [4.69, 9.17) is 14.0 Å². The molecule has 9 nitrogen and oxygen atoms in total. The number of piperazine rings is 1. The van der Waals surface area contributed by atoms with Gasteiger partial charge >= 0.3 is 6.01 Å². The van der Waals surface area contributed by atoms with Crippen molar-refractivity contribution in [1.82, 2.24) is 19.9 Å². The van der Waals surface area contributed by atoms with Crippen LogP contribution in [0.4, 0.5) is 6.01 Å². The topological polar surface area (TPSA) is 84.2 Å². The molecule has 1 aromatic heterocycles. The monoisotopic (exact) mass is 505 g/mol. The van der Waals surface area contributed by atoms with E-state index in [2.05, 4.69) is 56.2 Å². The van der Waals surface area contributed by atoms with Crippen LogP contribution in [0.25, 0.3) is 11.4 Å². The molecule has 0 spiro atoms. The van der Waals surface area contributed by atoms with Crippen LogP contribution in [0.15, 0.2) is 53.1 Å². The lowest BCUT2D eigenvalue weighted by atomic mass is 9.94. The number of aromatic nitrogens is 2. The number of carbonyl (C=O) groups is 1. The third-order valence-corrected chi connectivity index (χ3v) is 7.40. The number of ether oxygens (including phenoxy) is 2. The zero-order valence-corrected chi connectivity index (χ0v) is 21.8. The molecule has 196 valence electrons. The fourth-order valence-corrected chi connectivity index (χ4v) is 5.23. The van der Waals surface area contributed by atoms with Gasteiger partial charge in [0, 0.05) is 44.2 Å². The van der Waals surface area contributed by atoms with Crippen molar-refractivity contribution in [3.63, 3.8) is 0 Å². The van der Waals surface area contributed by atoms with Crippen molar-refractivity contribution in [3.05, 3.63) is 54.1 Å². The Balaban J connectivity index is 1.19. The summed E-state index contributed by atoms with van der Waals surface area (Å²) in [5, 5.41) is 4.18. The molecule has 0 bridgehead atoms. The number of benzene rings is 2. The summed E-state index contributed by atoms with van der Waals surface area (Å²) in [6.07, 6.45) is 1.55. The Morgan fingerprint density at radius 1 is 1.05 bits per heavy atom. The molecule has 2 aromatic carbocycles. The van der Waals surface area contributed by atoms with Gasteiger partial charge in [-0.05, 0) is 50.6 Å². The summed E-state index contributed by atoms with van der Waals surface area (Å²) >= 11 is 0. The van der Waals surface area contributed by atoms with Crippen molar-refractivity contribution < 1.29 is 18.8 Å². The zero-order valence-electron chi connectivity index (χ0n) is 21.8. The molecule has 0 N–H and O–H groups in total. The van der Waals surface area contributed by atoms with Gasteiger partial charge in [0.05, 0.1) is 19.8 Å². The number of carbonyl (C=O) groups excluding carboxylic acids is 1. The standard InChI is InChI=1S/C28H35N5O4/c1-4-36-24-11-10-22(18-25(24)35-3)26-29-28(37-30-26)32-14-12-21(13-15-32)27(34)33-17-16-31(2)23(19-33)20-8-6-5-7-9-20/h5-11,18,21,23H,4,12-17,19H2,1-3H3. The largest absolute Gasteiger partial charge is 0.493 e. The molecule has 2 saturated heterocycles. The molecule has 0 aliphatic carbocycles. The van der Waals surface area contributed by atoms with Crippen molar-refractivity contribution in [3.8, 4) is 22.9 Å². The molecule has 1 atom stereocenters. The molecule has 9 heteroatoms. The average molecular weight is 506 g/mol. The fourth-order valence-electron chi connectivity index (χ4n) is 5.23. The lowest BCUT2D eigenvalue weighted by Gasteiger charge is -2.42. The molecule has 1 amide bonds. The minimum atomic E-state index is 0.0221. The lowest BCUT2D eigenvalue weighted by Crippen LogP contribution is -2.51. The van der Waals surface area contributed by atoms with E-state index in [0.29, 0.717) is 43.0 Å². The second-order valence-electron chi connectivity index (χ2n) is 9.65. The Morgan fingerprint density at radius 3 is 2.57 bits per heavy atom. The van der Waals surface area contributed by atoms with Gasteiger partial charge in [0.2, 0.25) is 11.7 Å². The number of rotatable bonds is 7. The first-order valence-electron chi connectivity index (χ1n) is 13.0. The van der Waals surface area contributed by atoms with Crippen LogP contribution in [0.3, 0.4) is 0 Å². The maximum absolute atomic E-state index is 13.4. The minimum Gasteiger partial charge on any atom is -0.493 e. The Morgan fingerprint density at radius 2 is 1.84 bits per heavy atom. The van der Waals surface area contributed by atoms with Gasteiger partial charge in [0.25, 0.3) is 0 Å². The van der Waals surface area contributed by atoms with Crippen molar-refractivity contribution in [1.29, 1.82) is 0 Å². The van der Waals surface area contributed by atoms with Crippen molar-refractivity contribution in [2.24, 2.45) is 5.92 Å². The van der Waals surface area contributed by atoms with Crippen LogP contribution in [-0.4, -0.2) is 79.3 Å². The van der Waals surface area contributed by atoms with E-state index in [1.54, 1.807) is 7.11 Å². The fraction of sp³-hybridized carbons (Fsp3) is 0.464. The molecule has 37 heavy (non-hydrogen) atoms. The third-order valence-electron chi connectivity index (χ3n) is 7.40. The normalized spacial score (nSPS) is 19.2. The van der Waals surface area contributed by atoms with Crippen molar-refractivity contribution in [2.45, 2.75) is 25.8 Å². The number of hydrogen-bond acceptors (Lipinski definition) is 8. The Bertz CT molecular complexity index is 1190. The Labute approximate surface area is 217 Å². The second kappa shape index (κ2) is 11.2. The molecular formula is C28H35N5O4. The number of likely N-dealkylation sites (N-methyl/N-ethyl adjacent to an activating group) is 1. The number of anilines is 1. The van der Waals surface area contributed by atoms with Gasteiger partial charge in [-0.3, -0.25) is 9.69 Å². The summed E-state index contributed by atoms with van der Waals surface area (Å²) in [6, 6.07) is 16.8. The quantitative estimate of drug-likeness (QED) is 0.479. The van der Waals surface area contributed by atoms with E-state index < -0.39 is 0 Å². The maximum atomic E-state index is 13.4. The van der Waals surface area contributed by atoms with Gasteiger partial charge in [0.1, 0.15) is 0 Å². The summed E-state index contributed by atoms with van der Waals surface area (Å²) in [7, 11) is 3.75. The van der Waals surface area contributed by atoms with Crippen LogP contribution in [0, 0.1) is 5.92 Å². The van der Waals surface area contributed by atoms with Crippen molar-refractivity contribution in [2.75, 3.05) is 58.4 Å². The van der Waals surface area contributed by atoms with Crippen LogP contribution >= 0.6 is 0 Å². The van der Waals surface area contributed by atoms with E-state index in [9.17, 15) is 4.79 Å². The van der Waals surface area contributed by atoms with Gasteiger partial charge in [-0.25, -0.2) is 0 Å². The summed E-state index contributed by atoms with van der Waals surface area (Å²) < 4.78 is 16.6. The van der Waals surface area contributed by atoms with Gasteiger partial charge < -0.3 is 23.8 Å². The lowest BCUT2D eigenvalue weighted by molar-refractivity contribution is -0.139. The number of hydrogen-bond donors (Lipinski definition) is 0. The number of amides is 1. The van der Waals surface area contributed by atoms with E-state index >= 15 is 0 Å². The summed E-state index contributed by atoms with van der Waals surface area (Å²) in [5.41, 5.74) is 2.05. The summed E-state index contributed by atoms with van der Waals surface area (Å²) in [6.45, 7) is 6.30. The van der Waals surface area contributed by atoms with E-state index in [1.807, 2.05) is 31.2 Å². The molecule has 2 aliphatic rings.